The highest BCUT2D eigenvalue weighted by atomic mass is 35.5. The lowest BCUT2D eigenvalue weighted by molar-refractivity contribution is -0.144. The summed E-state index contributed by atoms with van der Waals surface area (Å²) in [6.07, 6.45) is 5.58. The van der Waals surface area contributed by atoms with Gasteiger partial charge in [-0.2, -0.15) is 0 Å². The van der Waals surface area contributed by atoms with Gasteiger partial charge in [0.1, 0.15) is 11.9 Å². The van der Waals surface area contributed by atoms with Gasteiger partial charge in [-0.3, -0.25) is 4.79 Å². The van der Waals surface area contributed by atoms with E-state index in [-0.39, 0.29) is 11.6 Å². The molecule has 0 saturated heterocycles. The van der Waals surface area contributed by atoms with Gasteiger partial charge in [0, 0.05) is 13.0 Å². The lowest BCUT2D eigenvalue weighted by atomic mass is 9.87. The van der Waals surface area contributed by atoms with Crippen LogP contribution in [-0.4, -0.2) is 30.8 Å². The Labute approximate surface area is 151 Å². The van der Waals surface area contributed by atoms with Crippen LogP contribution in [0.5, 0.6) is 0 Å². The number of esters is 1. The molecule has 6 heteroatoms. The molecule has 5 nitrogen and oxygen atoms in total. The van der Waals surface area contributed by atoms with Crippen LogP contribution in [0.2, 0.25) is 0 Å². The van der Waals surface area contributed by atoms with Crippen LogP contribution in [0.3, 0.4) is 0 Å². The minimum absolute atomic E-state index is 0.130. The molecule has 0 amide bonds. The second-order valence-electron chi connectivity index (χ2n) is 7.33. The number of ether oxygens (including phenoxy) is 2. The first-order chi connectivity index (χ1) is 11.1. The largest absolute Gasteiger partial charge is 0.466 e. The van der Waals surface area contributed by atoms with E-state index < -0.39 is 11.4 Å². The number of hydrogen-bond donors (Lipinski definition) is 0. The van der Waals surface area contributed by atoms with Gasteiger partial charge in [0.25, 0.3) is 0 Å². The molecule has 0 atom stereocenters. The minimum atomic E-state index is -0.565. The summed E-state index contributed by atoms with van der Waals surface area (Å²) < 4.78 is 15.1. The molecule has 0 aromatic rings. The molecular weight excluding hydrogens is 332 g/mol. The summed E-state index contributed by atoms with van der Waals surface area (Å²) >= 11 is 5.13. The van der Waals surface area contributed by atoms with Crippen LogP contribution in [0.15, 0.2) is 0 Å². The molecule has 0 aromatic heterocycles. The molecule has 24 heavy (non-hydrogen) atoms. The van der Waals surface area contributed by atoms with Crippen LogP contribution in [0.4, 0.5) is 0 Å². The highest BCUT2D eigenvalue weighted by molar-refractivity contribution is 6.13. The SMILES string of the molecule is CCOC(=O)CCCCC(C)(C)OCCCCC(C)(C)C(=O)OCl. The average Bonchev–Trinajstić information content (AvgIpc) is 2.50. The number of carbonyl (C=O) groups excluding carboxylic acids is 2. The zero-order valence-corrected chi connectivity index (χ0v) is 16.5. The van der Waals surface area contributed by atoms with Crippen molar-refractivity contribution in [2.45, 2.75) is 85.2 Å². The maximum Gasteiger partial charge on any atom is 0.330 e. The lowest BCUT2D eigenvalue weighted by Gasteiger charge is -2.26. The van der Waals surface area contributed by atoms with Crippen molar-refractivity contribution >= 4 is 23.8 Å². The Morgan fingerprint density at radius 2 is 1.58 bits per heavy atom. The Bertz CT molecular complexity index is 380. The van der Waals surface area contributed by atoms with E-state index in [1.54, 1.807) is 0 Å². The summed E-state index contributed by atoms with van der Waals surface area (Å²) in [6.45, 7) is 10.7. The second kappa shape index (κ2) is 11.7. The van der Waals surface area contributed by atoms with Crippen molar-refractivity contribution in [2.24, 2.45) is 5.41 Å². The number of hydrogen-bond acceptors (Lipinski definition) is 5. The fraction of sp³-hybridized carbons (Fsp3) is 0.889. The first-order valence-corrected chi connectivity index (χ1v) is 9.08. The summed E-state index contributed by atoms with van der Waals surface area (Å²) in [7, 11) is 0. The Morgan fingerprint density at radius 3 is 2.17 bits per heavy atom. The molecule has 0 unspecified atom stereocenters. The molecule has 0 fully saturated rings. The molecule has 0 aliphatic rings. The van der Waals surface area contributed by atoms with E-state index in [0.29, 0.717) is 26.1 Å². The molecule has 0 aliphatic heterocycles. The normalized spacial score (nSPS) is 12.1. The smallest absolute Gasteiger partial charge is 0.330 e. The summed E-state index contributed by atoms with van der Waals surface area (Å²) in [6, 6.07) is 0. The summed E-state index contributed by atoms with van der Waals surface area (Å²) in [5.74, 6) is -0.527. The molecule has 0 aromatic carbocycles. The van der Waals surface area contributed by atoms with Gasteiger partial charge in [0.15, 0.2) is 0 Å². The van der Waals surface area contributed by atoms with E-state index in [1.807, 2.05) is 20.8 Å². The maximum atomic E-state index is 11.5. The van der Waals surface area contributed by atoms with Gasteiger partial charge >= 0.3 is 11.9 Å². The number of rotatable bonds is 13. The Balaban J connectivity index is 3.81. The zero-order valence-electron chi connectivity index (χ0n) is 15.8. The molecule has 0 spiro atoms. The highest BCUT2D eigenvalue weighted by Crippen LogP contribution is 2.26. The summed E-state index contributed by atoms with van der Waals surface area (Å²) in [5.41, 5.74) is -0.774. The first kappa shape index (κ1) is 23.2. The van der Waals surface area contributed by atoms with Crippen molar-refractivity contribution < 1.29 is 23.4 Å². The minimum Gasteiger partial charge on any atom is -0.466 e. The standard InChI is InChI=1S/C18H33ClO5/c1-6-22-15(20)11-7-8-13-18(4,5)23-14-10-9-12-17(2,3)16(21)24-19/h6-14H2,1-5H3. The van der Waals surface area contributed by atoms with Gasteiger partial charge in [-0.1, -0.05) is 12.8 Å². The Morgan fingerprint density at radius 1 is 0.958 bits per heavy atom. The third-order valence-corrected chi connectivity index (χ3v) is 4.17. The first-order valence-electron chi connectivity index (χ1n) is 8.77. The van der Waals surface area contributed by atoms with Gasteiger partial charge in [0.2, 0.25) is 0 Å². The average molecular weight is 365 g/mol. The number of halogens is 1. The number of unbranched alkanes of at least 4 members (excludes halogenated alkanes) is 2. The van der Waals surface area contributed by atoms with Gasteiger partial charge in [-0.15, -0.1) is 0 Å². The topological polar surface area (TPSA) is 61.8 Å². The van der Waals surface area contributed by atoms with E-state index in [4.69, 9.17) is 21.3 Å². The van der Waals surface area contributed by atoms with Crippen molar-refractivity contribution in [2.75, 3.05) is 13.2 Å². The van der Waals surface area contributed by atoms with Crippen molar-refractivity contribution in [3.63, 3.8) is 0 Å². The van der Waals surface area contributed by atoms with E-state index in [2.05, 4.69) is 18.1 Å². The van der Waals surface area contributed by atoms with Gasteiger partial charge in [-0.25, -0.2) is 4.79 Å². The number of carbonyl (C=O) groups is 2. The molecule has 0 saturated carbocycles. The van der Waals surface area contributed by atoms with Crippen LogP contribution in [0.25, 0.3) is 0 Å². The van der Waals surface area contributed by atoms with Crippen LogP contribution in [0, 0.1) is 5.41 Å². The fourth-order valence-corrected chi connectivity index (χ4v) is 2.56. The lowest BCUT2D eigenvalue weighted by Crippen LogP contribution is -2.26. The highest BCUT2D eigenvalue weighted by Gasteiger charge is 2.29. The Hall–Kier alpha value is -0.810. The molecule has 0 N–H and O–H groups in total. The van der Waals surface area contributed by atoms with Crippen LogP contribution in [-0.2, 0) is 23.4 Å². The van der Waals surface area contributed by atoms with E-state index in [1.165, 1.54) is 0 Å². The summed E-state index contributed by atoms with van der Waals surface area (Å²) in [4.78, 5) is 22.7. The van der Waals surface area contributed by atoms with Crippen molar-refractivity contribution in [3.8, 4) is 0 Å². The second-order valence-corrected chi connectivity index (χ2v) is 7.48. The molecule has 0 rings (SSSR count). The van der Waals surface area contributed by atoms with Gasteiger partial charge in [0.05, 0.1) is 17.6 Å². The van der Waals surface area contributed by atoms with Crippen molar-refractivity contribution in [1.29, 1.82) is 0 Å². The van der Waals surface area contributed by atoms with Crippen LogP contribution < -0.4 is 0 Å². The monoisotopic (exact) mass is 364 g/mol. The maximum absolute atomic E-state index is 11.5. The van der Waals surface area contributed by atoms with Gasteiger partial charge in [-0.05, 0) is 60.3 Å². The van der Waals surface area contributed by atoms with E-state index >= 15 is 0 Å². The van der Waals surface area contributed by atoms with Crippen molar-refractivity contribution in [1.82, 2.24) is 0 Å². The predicted octanol–water partition coefficient (Wildman–Crippen LogP) is 4.80. The molecule has 142 valence electrons. The molecule has 0 bridgehead atoms. The van der Waals surface area contributed by atoms with Crippen LogP contribution >= 0.6 is 11.9 Å². The van der Waals surface area contributed by atoms with Crippen molar-refractivity contribution in [3.05, 3.63) is 0 Å². The van der Waals surface area contributed by atoms with Crippen LogP contribution in [0.1, 0.15) is 79.6 Å². The fourth-order valence-electron chi connectivity index (χ4n) is 2.35. The third-order valence-electron chi connectivity index (χ3n) is 4.03. The molecule has 0 radical (unpaired) electrons. The molecule has 0 aliphatic carbocycles. The summed E-state index contributed by atoms with van der Waals surface area (Å²) in [5, 5.41) is 0. The predicted molar refractivity (Wildman–Crippen MR) is 94.7 cm³/mol. The Kier molecular flexibility index (Phi) is 11.3. The van der Waals surface area contributed by atoms with E-state index in [0.717, 1.165) is 32.1 Å². The molecule has 0 heterocycles. The molecular formula is C18H33ClO5. The van der Waals surface area contributed by atoms with Gasteiger partial charge < -0.3 is 13.8 Å². The third kappa shape index (κ3) is 10.9. The quantitative estimate of drug-likeness (QED) is 0.347. The van der Waals surface area contributed by atoms with E-state index in [9.17, 15) is 9.59 Å². The zero-order chi connectivity index (χ0) is 18.6.